The van der Waals surface area contributed by atoms with E-state index < -0.39 is 35.4 Å². The molecule has 37 heavy (non-hydrogen) atoms. The molecule has 11 heteroatoms. The van der Waals surface area contributed by atoms with Crippen molar-refractivity contribution in [3.8, 4) is 0 Å². The number of aromatic amines is 1. The smallest absolute Gasteiger partial charge is 0.307 e. The number of aromatic nitrogens is 1. The number of benzene rings is 2. The zero-order chi connectivity index (χ0) is 25.8. The monoisotopic (exact) mass is 606 g/mol. The second-order valence-electron chi connectivity index (χ2n) is 10.1. The Labute approximate surface area is 225 Å². The normalized spacial score (nSPS) is 32.0. The number of H-pyrrole nitrogens is 1. The van der Waals surface area contributed by atoms with E-state index in [9.17, 15) is 27.6 Å². The standard InChI is InChI=1S/C26H18BrF3N2O3S2/c27-12-5-1-3-10(7-12)16-17-14-9-15(20(17)36-22-21(16)37-25(35)31-22)19-18(14)23(33)32(24(19)34)13-6-2-4-11(8-13)26(28,29)30/h1-8,14-20H,9H2,(H,31,35)/t14-,15-,16+,17+,18+,19+,20-/m1/s1. The summed E-state index contributed by atoms with van der Waals surface area (Å²) in [6.45, 7) is 0. The first kappa shape index (κ1) is 23.7. The number of rotatable bonds is 2. The molecule has 2 amide bonds. The van der Waals surface area contributed by atoms with Gasteiger partial charge in [0, 0.05) is 20.5 Å². The minimum Gasteiger partial charge on any atom is -0.307 e. The molecule has 4 aliphatic rings. The third-order valence-corrected chi connectivity index (χ3v) is 11.4. The number of alkyl halides is 3. The fraction of sp³-hybridized carbons (Fsp3) is 0.346. The van der Waals surface area contributed by atoms with E-state index in [1.807, 2.05) is 24.3 Å². The van der Waals surface area contributed by atoms with Gasteiger partial charge < -0.3 is 4.98 Å². The lowest BCUT2D eigenvalue weighted by Crippen LogP contribution is -2.42. The highest BCUT2D eigenvalue weighted by atomic mass is 79.9. The van der Waals surface area contributed by atoms with Crippen LogP contribution in [-0.2, 0) is 15.8 Å². The van der Waals surface area contributed by atoms with Gasteiger partial charge in [-0.25, -0.2) is 0 Å². The summed E-state index contributed by atoms with van der Waals surface area (Å²) in [7, 11) is 0. The quantitative estimate of drug-likeness (QED) is 0.369. The first-order valence-electron chi connectivity index (χ1n) is 11.8. The highest BCUT2D eigenvalue weighted by molar-refractivity contribution is 9.10. The van der Waals surface area contributed by atoms with E-state index in [0.717, 1.165) is 43.4 Å². The maximum absolute atomic E-state index is 13.7. The Morgan fingerprint density at radius 2 is 1.70 bits per heavy atom. The number of nitrogens with one attached hydrogen (secondary N) is 1. The summed E-state index contributed by atoms with van der Waals surface area (Å²) in [5.41, 5.74) is 0.121. The number of thiazole rings is 1. The first-order valence-corrected chi connectivity index (χ1v) is 14.3. The molecule has 1 aromatic heterocycles. The fourth-order valence-electron chi connectivity index (χ4n) is 7.17. The van der Waals surface area contributed by atoms with Crippen molar-refractivity contribution in [2.45, 2.75) is 28.8 Å². The van der Waals surface area contributed by atoms with Crippen molar-refractivity contribution in [3.05, 3.63) is 78.7 Å². The number of imide groups is 1. The summed E-state index contributed by atoms with van der Waals surface area (Å²) < 4.78 is 41.0. The minimum absolute atomic E-state index is 0.0196. The van der Waals surface area contributed by atoms with E-state index in [2.05, 4.69) is 20.9 Å². The molecule has 0 unspecified atom stereocenters. The zero-order valence-electron chi connectivity index (χ0n) is 18.9. The van der Waals surface area contributed by atoms with Crippen LogP contribution in [0, 0.1) is 29.6 Å². The van der Waals surface area contributed by atoms with E-state index in [-0.39, 0.29) is 39.5 Å². The molecule has 3 heterocycles. The van der Waals surface area contributed by atoms with Crippen molar-refractivity contribution >= 4 is 56.5 Å². The van der Waals surface area contributed by atoms with Gasteiger partial charge in [-0.2, -0.15) is 13.2 Å². The molecule has 7 atom stereocenters. The molecule has 0 spiro atoms. The Hall–Kier alpha value is -2.37. The lowest BCUT2D eigenvalue weighted by Gasteiger charge is -2.43. The van der Waals surface area contributed by atoms with E-state index in [0.29, 0.717) is 0 Å². The van der Waals surface area contributed by atoms with Gasteiger partial charge in [0.1, 0.15) is 0 Å². The van der Waals surface area contributed by atoms with Crippen LogP contribution in [0.5, 0.6) is 0 Å². The topological polar surface area (TPSA) is 70.2 Å². The predicted molar refractivity (Wildman–Crippen MR) is 137 cm³/mol. The van der Waals surface area contributed by atoms with Gasteiger partial charge in [-0.1, -0.05) is 45.5 Å². The van der Waals surface area contributed by atoms with Crippen LogP contribution in [0.1, 0.15) is 28.3 Å². The highest BCUT2D eigenvalue weighted by Crippen LogP contribution is 2.68. The summed E-state index contributed by atoms with van der Waals surface area (Å²) in [5, 5.41) is 0.836. The Kier molecular flexibility index (Phi) is 5.17. The number of anilines is 1. The molecule has 2 bridgehead atoms. The SMILES string of the molecule is O=C1[C@H]2[C@H]3C[C@@H]([C@@H]2C(=O)N1c1cccc(C(F)(F)F)c1)[C@H]1[C@H](c2cccc(Br)c2)c2sc(=O)[nH]c2S[C@H]31. The molecule has 2 aliphatic heterocycles. The maximum atomic E-state index is 13.7. The van der Waals surface area contributed by atoms with Gasteiger partial charge in [0.25, 0.3) is 0 Å². The van der Waals surface area contributed by atoms with Crippen molar-refractivity contribution in [3.63, 3.8) is 0 Å². The number of amides is 2. The van der Waals surface area contributed by atoms with Crippen molar-refractivity contribution in [2.24, 2.45) is 29.6 Å². The molecule has 2 aliphatic carbocycles. The van der Waals surface area contributed by atoms with Crippen LogP contribution in [0.15, 0.2) is 62.8 Å². The third-order valence-electron chi connectivity index (χ3n) is 8.36. The number of carbonyl (C=O) groups is 2. The lowest BCUT2D eigenvalue weighted by atomic mass is 9.68. The number of thioether (sulfide) groups is 1. The highest BCUT2D eigenvalue weighted by Gasteiger charge is 2.69. The average Bonchev–Trinajstić information content (AvgIpc) is 3.57. The summed E-state index contributed by atoms with van der Waals surface area (Å²) in [6.07, 6.45) is -3.86. The van der Waals surface area contributed by atoms with Gasteiger partial charge in [0.2, 0.25) is 11.8 Å². The molecule has 2 saturated carbocycles. The average molecular weight is 607 g/mol. The molecular weight excluding hydrogens is 589 g/mol. The second-order valence-corrected chi connectivity index (χ2v) is 13.2. The zero-order valence-corrected chi connectivity index (χ0v) is 22.1. The lowest BCUT2D eigenvalue weighted by molar-refractivity contribution is -0.137. The molecule has 7 rings (SSSR count). The fourth-order valence-corrected chi connectivity index (χ4v) is 10.5. The Balaban J connectivity index is 1.31. The molecule has 190 valence electrons. The van der Waals surface area contributed by atoms with Gasteiger partial charge >= 0.3 is 11.0 Å². The molecular formula is C26H18BrF3N2O3S2. The first-order chi connectivity index (χ1) is 17.6. The number of hydrogen-bond donors (Lipinski definition) is 1. The van der Waals surface area contributed by atoms with Crippen LogP contribution >= 0.6 is 39.0 Å². The van der Waals surface area contributed by atoms with E-state index >= 15 is 0 Å². The van der Waals surface area contributed by atoms with Crippen LogP contribution < -0.4 is 9.77 Å². The Morgan fingerprint density at radius 3 is 2.43 bits per heavy atom. The van der Waals surface area contributed by atoms with Gasteiger partial charge in [0.05, 0.1) is 28.1 Å². The van der Waals surface area contributed by atoms with Crippen LogP contribution in [0.4, 0.5) is 18.9 Å². The van der Waals surface area contributed by atoms with Crippen molar-refractivity contribution < 1.29 is 22.8 Å². The summed E-state index contributed by atoms with van der Waals surface area (Å²) in [6, 6.07) is 12.4. The Morgan fingerprint density at radius 1 is 0.973 bits per heavy atom. The van der Waals surface area contributed by atoms with Crippen molar-refractivity contribution in [1.82, 2.24) is 4.98 Å². The number of halogens is 4. The molecule has 1 saturated heterocycles. The maximum Gasteiger partial charge on any atom is 0.416 e. The number of fused-ring (bicyclic) bond motifs is 9. The van der Waals surface area contributed by atoms with E-state index in [4.69, 9.17) is 0 Å². The van der Waals surface area contributed by atoms with Crippen LogP contribution in [-0.4, -0.2) is 22.0 Å². The van der Waals surface area contributed by atoms with Crippen LogP contribution in [0.25, 0.3) is 0 Å². The van der Waals surface area contributed by atoms with E-state index in [1.165, 1.54) is 23.5 Å². The van der Waals surface area contributed by atoms with Gasteiger partial charge in [-0.15, -0.1) is 11.8 Å². The Bertz CT molecular complexity index is 1540. The van der Waals surface area contributed by atoms with Gasteiger partial charge in [0.15, 0.2) is 0 Å². The molecule has 2 aromatic carbocycles. The van der Waals surface area contributed by atoms with Crippen LogP contribution in [0.2, 0.25) is 0 Å². The largest absolute Gasteiger partial charge is 0.416 e. The number of hydrogen-bond acceptors (Lipinski definition) is 5. The van der Waals surface area contributed by atoms with Crippen molar-refractivity contribution in [1.29, 1.82) is 0 Å². The molecule has 3 aromatic rings. The van der Waals surface area contributed by atoms with Crippen molar-refractivity contribution in [2.75, 3.05) is 4.90 Å². The van der Waals surface area contributed by atoms with Gasteiger partial charge in [-0.3, -0.25) is 19.3 Å². The summed E-state index contributed by atoms with van der Waals surface area (Å²) in [5.74, 6) is -2.23. The third kappa shape index (κ3) is 3.39. The van der Waals surface area contributed by atoms with Crippen LogP contribution in [0.3, 0.4) is 0 Å². The molecule has 1 N–H and O–H groups in total. The minimum atomic E-state index is -4.58. The van der Waals surface area contributed by atoms with E-state index in [1.54, 1.807) is 11.8 Å². The molecule has 0 radical (unpaired) electrons. The summed E-state index contributed by atoms with van der Waals surface area (Å²) >= 11 is 6.32. The summed E-state index contributed by atoms with van der Waals surface area (Å²) in [4.78, 5) is 44.5. The second kappa shape index (κ2) is 8.07. The predicted octanol–water partition coefficient (Wildman–Crippen LogP) is 5.90. The number of carbonyl (C=O) groups excluding carboxylic acids is 2. The molecule has 5 nitrogen and oxygen atoms in total. The number of nitrogens with zero attached hydrogens (tertiary/aromatic N) is 1. The molecule has 3 fully saturated rings. The van der Waals surface area contributed by atoms with Gasteiger partial charge in [-0.05, 0) is 60.1 Å².